The van der Waals surface area contributed by atoms with Gasteiger partial charge in [-0.05, 0) is 79.6 Å². The van der Waals surface area contributed by atoms with Crippen molar-refractivity contribution in [3.63, 3.8) is 0 Å². The van der Waals surface area contributed by atoms with E-state index in [0.717, 1.165) is 24.4 Å². The van der Waals surface area contributed by atoms with Gasteiger partial charge in [0.15, 0.2) is 0 Å². The van der Waals surface area contributed by atoms with Gasteiger partial charge in [0.1, 0.15) is 0 Å². The summed E-state index contributed by atoms with van der Waals surface area (Å²) in [5, 5.41) is 3.94. The van der Waals surface area contributed by atoms with E-state index in [1.165, 1.54) is 51.4 Å². The Balaban J connectivity index is 1.87. The quantitative estimate of drug-likeness (QED) is 0.691. The largest absolute Gasteiger partial charge is 0.314 e. The van der Waals surface area contributed by atoms with Gasteiger partial charge >= 0.3 is 0 Å². The Bertz CT molecular complexity index is 369. The van der Waals surface area contributed by atoms with E-state index in [0.29, 0.717) is 16.2 Å². The smallest absolute Gasteiger partial charge is 0.0126 e. The van der Waals surface area contributed by atoms with Crippen molar-refractivity contribution in [3.8, 4) is 0 Å². The molecule has 4 bridgehead atoms. The van der Waals surface area contributed by atoms with Crippen LogP contribution in [0.4, 0.5) is 0 Å². The van der Waals surface area contributed by atoms with Gasteiger partial charge in [-0.25, -0.2) is 0 Å². The van der Waals surface area contributed by atoms with Crippen LogP contribution in [0.3, 0.4) is 0 Å². The van der Waals surface area contributed by atoms with Crippen LogP contribution in [0, 0.1) is 28.1 Å². The van der Waals surface area contributed by atoms with Crippen molar-refractivity contribution in [2.75, 3.05) is 6.54 Å². The highest BCUT2D eigenvalue weighted by Crippen LogP contribution is 2.70. The molecule has 4 aliphatic carbocycles. The molecule has 0 saturated heterocycles. The molecule has 0 radical (unpaired) electrons. The van der Waals surface area contributed by atoms with Crippen LogP contribution >= 0.6 is 0 Å². The lowest BCUT2D eigenvalue weighted by molar-refractivity contribution is -0.159. The first-order valence-electron chi connectivity index (χ1n) is 9.55. The fourth-order valence-electron chi connectivity index (χ4n) is 7.29. The van der Waals surface area contributed by atoms with E-state index in [4.69, 9.17) is 0 Å². The van der Waals surface area contributed by atoms with Gasteiger partial charge in [0.25, 0.3) is 0 Å². The molecule has 1 nitrogen and oxygen atoms in total. The normalized spacial score (nSPS) is 47.6. The van der Waals surface area contributed by atoms with Crippen LogP contribution in [-0.2, 0) is 0 Å². The third kappa shape index (κ3) is 2.80. The molecule has 1 N–H and O–H groups in total. The fraction of sp³-hybridized carbons (Fsp3) is 1.00. The van der Waals surface area contributed by atoms with Gasteiger partial charge in [-0.2, -0.15) is 0 Å². The highest BCUT2D eigenvalue weighted by atomic mass is 14.9. The maximum absolute atomic E-state index is 3.94. The van der Waals surface area contributed by atoms with E-state index in [2.05, 4.69) is 39.9 Å². The van der Waals surface area contributed by atoms with E-state index in [1.54, 1.807) is 0 Å². The average Bonchev–Trinajstić information content (AvgIpc) is 2.33. The van der Waals surface area contributed by atoms with Crippen molar-refractivity contribution in [2.45, 2.75) is 92.0 Å². The molecule has 4 aliphatic rings. The molecule has 4 rings (SSSR count). The molecule has 0 aromatic carbocycles. The molecule has 0 spiro atoms. The summed E-state index contributed by atoms with van der Waals surface area (Å²) < 4.78 is 0. The minimum absolute atomic E-state index is 0.613. The molecule has 0 amide bonds. The second kappa shape index (κ2) is 5.25. The van der Waals surface area contributed by atoms with E-state index in [9.17, 15) is 0 Å². The van der Waals surface area contributed by atoms with E-state index >= 15 is 0 Å². The summed E-state index contributed by atoms with van der Waals surface area (Å²) in [6.45, 7) is 13.5. The highest BCUT2D eigenvalue weighted by Gasteiger charge is 2.61. The molecule has 21 heavy (non-hydrogen) atoms. The second-order valence-electron chi connectivity index (χ2n) is 9.85. The Morgan fingerprint density at radius 2 is 1.62 bits per heavy atom. The van der Waals surface area contributed by atoms with Crippen molar-refractivity contribution in [1.29, 1.82) is 0 Å². The predicted molar refractivity (Wildman–Crippen MR) is 91.4 cm³/mol. The lowest BCUT2D eigenvalue weighted by Gasteiger charge is -2.67. The average molecular weight is 292 g/mol. The van der Waals surface area contributed by atoms with Gasteiger partial charge in [-0.3, -0.25) is 0 Å². The molecule has 0 aliphatic heterocycles. The standard InChI is InChI=1S/C20H37N/c1-6-15(3)8-17(21-7-2)20-11-16-9-18(4,13-20)12-19(5,10-16)14-20/h15-17,21H,6-14H2,1-5H3. The third-order valence-corrected chi connectivity index (χ3v) is 7.19. The Morgan fingerprint density at radius 1 is 1.00 bits per heavy atom. The molecule has 0 heterocycles. The molecule has 4 atom stereocenters. The molecule has 122 valence electrons. The van der Waals surface area contributed by atoms with Crippen LogP contribution in [-0.4, -0.2) is 12.6 Å². The SMILES string of the molecule is CCNC(CC(C)CC)C12CC3CC(C)(CC(C)(C3)C1)C2. The zero-order valence-electron chi connectivity index (χ0n) is 15.1. The van der Waals surface area contributed by atoms with E-state index in [1.807, 2.05) is 0 Å². The monoisotopic (exact) mass is 291 g/mol. The Labute approximate surface area is 132 Å². The Kier molecular flexibility index (Phi) is 3.96. The fourth-order valence-corrected chi connectivity index (χ4v) is 7.29. The summed E-state index contributed by atoms with van der Waals surface area (Å²) in [4.78, 5) is 0. The zero-order valence-corrected chi connectivity index (χ0v) is 15.1. The first-order valence-corrected chi connectivity index (χ1v) is 9.55. The minimum Gasteiger partial charge on any atom is -0.314 e. The van der Waals surface area contributed by atoms with Gasteiger partial charge in [0.05, 0.1) is 0 Å². The van der Waals surface area contributed by atoms with Crippen molar-refractivity contribution >= 4 is 0 Å². The van der Waals surface area contributed by atoms with Crippen molar-refractivity contribution in [2.24, 2.45) is 28.1 Å². The molecule has 0 aromatic heterocycles. The summed E-state index contributed by atoms with van der Waals surface area (Å²) in [5.74, 6) is 1.89. The maximum atomic E-state index is 3.94. The highest BCUT2D eigenvalue weighted by molar-refractivity contribution is 5.13. The summed E-state index contributed by atoms with van der Waals surface area (Å²) in [6, 6.07) is 0.763. The van der Waals surface area contributed by atoms with Crippen LogP contribution in [0.2, 0.25) is 0 Å². The van der Waals surface area contributed by atoms with Crippen LogP contribution in [0.1, 0.15) is 86.0 Å². The van der Waals surface area contributed by atoms with Crippen LogP contribution in [0.15, 0.2) is 0 Å². The van der Waals surface area contributed by atoms with Gasteiger partial charge in [0, 0.05) is 6.04 Å². The number of rotatable bonds is 6. The number of nitrogens with one attached hydrogen (secondary N) is 1. The lowest BCUT2D eigenvalue weighted by Crippen LogP contribution is -2.61. The van der Waals surface area contributed by atoms with Crippen molar-refractivity contribution in [3.05, 3.63) is 0 Å². The summed E-state index contributed by atoms with van der Waals surface area (Å²) >= 11 is 0. The number of hydrogen-bond acceptors (Lipinski definition) is 1. The first kappa shape index (κ1) is 15.8. The van der Waals surface area contributed by atoms with Crippen LogP contribution in [0.5, 0.6) is 0 Å². The Morgan fingerprint density at radius 3 is 2.10 bits per heavy atom. The molecule has 4 fully saturated rings. The van der Waals surface area contributed by atoms with Crippen molar-refractivity contribution < 1.29 is 0 Å². The van der Waals surface area contributed by atoms with Gasteiger partial charge in [-0.1, -0.05) is 41.0 Å². The topological polar surface area (TPSA) is 12.0 Å². The molecular weight excluding hydrogens is 254 g/mol. The maximum Gasteiger partial charge on any atom is 0.0126 e. The zero-order chi connectivity index (χ0) is 15.3. The summed E-state index contributed by atoms with van der Waals surface area (Å²) in [6.07, 6.45) is 11.8. The second-order valence-corrected chi connectivity index (χ2v) is 9.85. The molecular formula is C20H37N. The Hall–Kier alpha value is -0.0400. The first-order chi connectivity index (χ1) is 9.82. The van der Waals surface area contributed by atoms with Crippen LogP contribution < -0.4 is 5.32 Å². The molecule has 4 saturated carbocycles. The molecule has 1 heteroatoms. The predicted octanol–water partition coefficient (Wildman–Crippen LogP) is 5.40. The van der Waals surface area contributed by atoms with E-state index in [-0.39, 0.29) is 0 Å². The molecule has 4 unspecified atom stereocenters. The van der Waals surface area contributed by atoms with Crippen molar-refractivity contribution in [1.82, 2.24) is 5.32 Å². The van der Waals surface area contributed by atoms with E-state index < -0.39 is 0 Å². The third-order valence-electron chi connectivity index (χ3n) is 7.19. The van der Waals surface area contributed by atoms with Crippen LogP contribution in [0.25, 0.3) is 0 Å². The minimum atomic E-state index is 0.613. The molecule has 0 aromatic rings. The van der Waals surface area contributed by atoms with Gasteiger partial charge in [-0.15, -0.1) is 0 Å². The lowest BCUT2D eigenvalue weighted by atomic mass is 9.39. The van der Waals surface area contributed by atoms with Gasteiger partial charge in [0.2, 0.25) is 0 Å². The summed E-state index contributed by atoms with van der Waals surface area (Å²) in [5.41, 5.74) is 1.91. The summed E-state index contributed by atoms with van der Waals surface area (Å²) in [7, 11) is 0. The van der Waals surface area contributed by atoms with Gasteiger partial charge < -0.3 is 5.32 Å². The number of hydrogen-bond donors (Lipinski definition) is 1.